The number of benzene rings is 1. The van der Waals surface area contributed by atoms with Crippen LogP contribution in [0.15, 0.2) is 12.1 Å². The number of carboxylic acid groups (broad SMARTS) is 1. The van der Waals surface area contributed by atoms with Crippen LogP contribution < -0.4 is 4.74 Å². The summed E-state index contributed by atoms with van der Waals surface area (Å²) in [6, 6.07) is 2.23. The van der Waals surface area contributed by atoms with Crippen molar-refractivity contribution in [3.63, 3.8) is 0 Å². The molecule has 0 aliphatic rings. The summed E-state index contributed by atoms with van der Waals surface area (Å²) in [4.78, 5) is 10.6. The summed E-state index contributed by atoms with van der Waals surface area (Å²) in [6.45, 7) is 1.42. The average Bonchev–Trinajstić information content (AvgIpc) is 2.25. The summed E-state index contributed by atoms with van der Waals surface area (Å²) >= 11 is 0. The van der Waals surface area contributed by atoms with Crippen molar-refractivity contribution in [2.24, 2.45) is 5.92 Å². The van der Waals surface area contributed by atoms with Crippen LogP contribution in [0.3, 0.4) is 0 Å². The van der Waals surface area contributed by atoms with Crippen LogP contribution in [-0.4, -0.2) is 18.2 Å². The molecule has 0 bridgehead atoms. The quantitative estimate of drug-likeness (QED) is 0.862. The van der Waals surface area contributed by atoms with Gasteiger partial charge in [-0.3, -0.25) is 4.79 Å². The molecule has 5 heteroatoms. The minimum Gasteiger partial charge on any atom is -0.496 e. The van der Waals surface area contributed by atoms with E-state index in [0.29, 0.717) is 0 Å². The minimum atomic E-state index is -1.06. The number of rotatable bonds is 4. The number of carboxylic acids is 1. The van der Waals surface area contributed by atoms with Crippen LogP contribution in [0.2, 0.25) is 0 Å². The van der Waals surface area contributed by atoms with Gasteiger partial charge in [0.25, 0.3) is 0 Å². The van der Waals surface area contributed by atoms with Crippen molar-refractivity contribution in [1.29, 1.82) is 0 Å². The molecule has 88 valence electrons. The van der Waals surface area contributed by atoms with Crippen LogP contribution in [-0.2, 0) is 11.2 Å². The molecule has 0 aliphatic carbocycles. The predicted octanol–water partition coefficient (Wildman–Crippen LogP) is 2.24. The molecule has 0 saturated carbocycles. The predicted molar refractivity (Wildman–Crippen MR) is 53.4 cm³/mol. The van der Waals surface area contributed by atoms with Gasteiger partial charge in [-0.1, -0.05) is 6.92 Å². The molecule has 0 aliphatic heterocycles. The molecule has 1 aromatic rings. The van der Waals surface area contributed by atoms with Gasteiger partial charge in [-0.2, -0.15) is 0 Å². The first kappa shape index (κ1) is 12.4. The maximum atomic E-state index is 13.4. The van der Waals surface area contributed by atoms with E-state index in [1.165, 1.54) is 20.1 Å². The van der Waals surface area contributed by atoms with E-state index in [1.54, 1.807) is 0 Å². The first-order chi connectivity index (χ1) is 7.47. The van der Waals surface area contributed by atoms with Crippen molar-refractivity contribution < 1.29 is 23.4 Å². The molecule has 0 saturated heterocycles. The summed E-state index contributed by atoms with van der Waals surface area (Å²) in [5.74, 6) is -3.76. The van der Waals surface area contributed by atoms with Gasteiger partial charge in [0.15, 0.2) is 11.6 Å². The van der Waals surface area contributed by atoms with Crippen LogP contribution in [0.5, 0.6) is 5.75 Å². The molecule has 1 unspecified atom stereocenters. The van der Waals surface area contributed by atoms with Gasteiger partial charge in [0.2, 0.25) is 0 Å². The van der Waals surface area contributed by atoms with Crippen molar-refractivity contribution in [3.8, 4) is 5.75 Å². The molecular weight excluding hydrogens is 218 g/mol. The molecule has 0 fully saturated rings. The lowest BCUT2D eigenvalue weighted by molar-refractivity contribution is -0.141. The molecule has 16 heavy (non-hydrogen) atoms. The van der Waals surface area contributed by atoms with Crippen molar-refractivity contribution >= 4 is 5.97 Å². The van der Waals surface area contributed by atoms with Gasteiger partial charge in [-0.25, -0.2) is 8.78 Å². The van der Waals surface area contributed by atoms with Crippen LogP contribution >= 0.6 is 0 Å². The average molecular weight is 230 g/mol. The van der Waals surface area contributed by atoms with Gasteiger partial charge in [0.1, 0.15) is 5.75 Å². The number of hydrogen-bond donors (Lipinski definition) is 1. The van der Waals surface area contributed by atoms with Crippen LogP contribution in [0.25, 0.3) is 0 Å². The van der Waals surface area contributed by atoms with E-state index in [2.05, 4.69) is 0 Å². The van der Waals surface area contributed by atoms with Crippen molar-refractivity contribution in [2.45, 2.75) is 13.3 Å². The zero-order valence-corrected chi connectivity index (χ0v) is 8.96. The highest BCUT2D eigenvalue weighted by Gasteiger charge is 2.20. The molecule has 1 aromatic carbocycles. The summed E-state index contributed by atoms with van der Waals surface area (Å²) in [5, 5.41) is 8.71. The largest absolute Gasteiger partial charge is 0.496 e. The highest BCUT2D eigenvalue weighted by molar-refractivity contribution is 5.70. The fraction of sp³-hybridized carbons (Fsp3) is 0.364. The van der Waals surface area contributed by atoms with E-state index < -0.39 is 23.5 Å². The summed E-state index contributed by atoms with van der Waals surface area (Å²) in [6.07, 6.45) is -0.109. The Morgan fingerprint density at radius 2 is 2.12 bits per heavy atom. The number of carbonyl (C=O) groups is 1. The van der Waals surface area contributed by atoms with E-state index in [4.69, 9.17) is 9.84 Å². The first-order valence-corrected chi connectivity index (χ1v) is 4.71. The topological polar surface area (TPSA) is 46.5 Å². The van der Waals surface area contributed by atoms with Crippen molar-refractivity contribution in [1.82, 2.24) is 0 Å². The number of methoxy groups -OCH3 is 1. The van der Waals surface area contributed by atoms with Crippen LogP contribution in [0, 0.1) is 17.6 Å². The fourth-order valence-corrected chi connectivity index (χ4v) is 1.35. The normalized spacial score (nSPS) is 12.2. The molecule has 0 amide bonds. The Labute approximate surface area is 91.7 Å². The summed E-state index contributed by atoms with van der Waals surface area (Å²) < 4.78 is 31.3. The molecule has 1 N–H and O–H groups in total. The van der Waals surface area contributed by atoms with Crippen molar-refractivity contribution in [3.05, 3.63) is 29.3 Å². The summed E-state index contributed by atoms with van der Waals surface area (Å²) in [5.41, 5.74) is -0.0441. The lowest BCUT2D eigenvalue weighted by Gasteiger charge is -2.12. The molecule has 1 rings (SSSR count). The number of aliphatic carboxylic acids is 1. The van der Waals surface area contributed by atoms with E-state index in [9.17, 15) is 13.6 Å². The maximum absolute atomic E-state index is 13.4. The maximum Gasteiger partial charge on any atom is 0.306 e. The van der Waals surface area contributed by atoms with Crippen LogP contribution in [0.1, 0.15) is 12.5 Å². The molecular formula is C11H12F2O3. The second kappa shape index (κ2) is 4.92. The van der Waals surface area contributed by atoms with Gasteiger partial charge < -0.3 is 9.84 Å². The standard InChI is InChI=1S/C11H12F2O3/c1-6(11(14)15)5-7-9(16-2)4-3-8(12)10(7)13/h3-4,6H,5H2,1-2H3,(H,14,15). The van der Waals surface area contributed by atoms with Gasteiger partial charge in [-0.05, 0) is 18.6 Å². The SMILES string of the molecule is COc1ccc(F)c(F)c1CC(C)C(=O)O. The third kappa shape index (κ3) is 2.48. The molecule has 0 heterocycles. The Balaban J connectivity index is 3.10. The lowest BCUT2D eigenvalue weighted by Crippen LogP contribution is -2.14. The minimum absolute atomic E-state index is 0.0441. The van der Waals surface area contributed by atoms with E-state index in [1.807, 2.05) is 0 Å². The first-order valence-electron chi connectivity index (χ1n) is 4.71. The van der Waals surface area contributed by atoms with E-state index >= 15 is 0 Å². The molecule has 0 aromatic heterocycles. The second-order valence-corrected chi connectivity index (χ2v) is 3.49. The third-order valence-electron chi connectivity index (χ3n) is 2.30. The second-order valence-electron chi connectivity index (χ2n) is 3.49. The van der Waals surface area contributed by atoms with Gasteiger partial charge in [0.05, 0.1) is 13.0 Å². The highest BCUT2D eigenvalue weighted by atomic mass is 19.2. The highest BCUT2D eigenvalue weighted by Crippen LogP contribution is 2.26. The smallest absolute Gasteiger partial charge is 0.306 e. The Morgan fingerprint density at radius 1 is 1.50 bits per heavy atom. The van der Waals surface area contributed by atoms with Crippen molar-refractivity contribution in [2.75, 3.05) is 7.11 Å². The molecule has 1 atom stereocenters. The Kier molecular flexibility index (Phi) is 3.82. The molecule has 3 nitrogen and oxygen atoms in total. The van der Waals surface area contributed by atoms with Gasteiger partial charge in [0, 0.05) is 5.56 Å². The molecule has 0 spiro atoms. The van der Waals surface area contributed by atoms with E-state index in [0.717, 1.165) is 6.07 Å². The summed E-state index contributed by atoms with van der Waals surface area (Å²) in [7, 11) is 1.32. The zero-order chi connectivity index (χ0) is 12.3. The Bertz CT molecular complexity index is 404. The number of halogens is 2. The van der Waals surface area contributed by atoms with Gasteiger partial charge >= 0.3 is 5.97 Å². The van der Waals surface area contributed by atoms with Crippen LogP contribution in [0.4, 0.5) is 8.78 Å². The Hall–Kier alpha value is -1.65. The van der Waals surface area contributed by atoms with E-state index in [-0.39, 0.29) is 17.7 Å². The zero-order valence-electron chi connectivity index (χ0n) is 8.96. The number of ether oxygens (including phenoxy) is 1. The Morgan fingerprint density at radius 3 is 2.62 bits per heavy atom. The number of hydrogen-bond acceptors (Lipinski definition) is 2. The monoisotopic (exact) mass is 230 g/mol. The molecule has 0 radical (unpaired) electrons. The fourth-order valence-electron chi connectivity index (χ4n) is 1.35. The third-order valence-corrected chi connectivity index (χ3v) is 2.30. The van der Waals surface area contributed by atoms with Gasteiger partial charge in [-0.15, -0.1) is 0 Å². The lowest BCUT2D eigenvalue weighted by atomic mass is 10.00.